The monoisotopic (exact) mass is 244 g/mol. The molecule has 0 aromatic carbocycles. The maximum Gasteiger partial charge on any atom is 0.407 e. The van der Waals surface area contributed by atoms with Gasteiger partial charge in [0.15, 0.2) is 0 Å². The van der Waals surface area contributed by atoms with E-state index < -0.39 is 11.7 Å². The number of carbonyl (C=O) groups is 2. The van der Waals surface area contributed by atoms with Crippen LogP contribution in [0.2, 0.25) is 0 Å². The molecule has 0 aromatic rings. The highest BCUT2D eigenvalue weighted by Gasteiger charge is 2.19. The predicted molar refractivity (Wildman–Crippen MR) is 66.7 cm³/mol. The van der Waals surface area contributed by atoms with Crippen molar-refractivity contribution in [2.24, 2.45) is 5.92 Å². The summed E-state index contributed by atoms with van der Waals surface area (Å²) < 4.78 is 5.16. The van der Waals surface area contributed by atoms with E-state index in [1.165, 1.54) is 0 Å². The number of alkyl carbamates (subject to hydrolysis) is 1. The summed E-state index contributed by atoms with van der Waals surface area (Å²) in [5.74, 6) is 0.434. The lowest BCUT2D eigenvalue weighted by Gasteiger charge is -2.24. The first-order valence-corrected chi connectivity index (χ1v) is 5.91. The molecule has 0 saturated carbocycles. The smallest absolute Gasteiger partial charge is 0.407 e. The van der Waals surface area contributed by atoms with Crippen LogP contribution in [0.4, 0.5) is 4.79 Å². The molecule has 5 nitrogen and oxygen atoms in total. The Bertz CT molecular complexity index is 247. The fourth-order valence-corrected chi connectivity index (χ4v) is 1.43. The molecule has 0 heterocycles. The molecular weight excluding hydrogens is 220 g/mol. The Hall–Kier alpha value is -1.26. The van der Waals surface area contributed by atoms with Crippen LogP contribution < -0.4 is 10.6 Å². The van der Waals surface area contributed by atoms with Gasteiger partial charge in [0.2, 0.25) is 6.41 Å². The lowest BCUT2D eigenvalue weighted by atomic mass is 10.0. The molecule has 0 aliphatic heterocycles. The molecule has 0 aromatic heterocycles. The molecule has 2 amide bonds. The molecule has 0 radical (unpaired) electrons. The van der Waals surface area contributed by atoms with E-state index in [1.807, 2.05) is 20.8 Å². The summed E-state index contributed by atoms with van der Waals surface area (Å²) >= 11 is 0. The van der Waals surface area contributed by atoms with Gasteiger partial charge < -0.3 is 15.4 Å². The van der Waals surface area contributed by atoms with E-state index in [0.29, 0.717) is 18.9 Å². The lowest BCUT2D eigenvalue weighted by Crippen LogP contribution is -2.44. The quantitative estimate of drug-likeness (QED) is 0.698. The second kappa shape index (κ2) is 7.14. The number of rotatable bonds is 6. The van der Waals surface area contributed by atoms with E-state index in [-0.39, 0.29) is 6.04 Å². The van der Waals surface area contributed by atoms with Gasteiger partial charge in [0, 0.05) is 12.6 Å². The first-order valence-electron chi connectivity index (χ1n) is 5.91. The van der Waals surface area contributed by atoms with Crippen molar-refractivity contribution in [2.75, 3.05) is 6.54 Å². The highest BCUT2D eigenvalue weighted by molar-refractivity contribution is 5.68. The second-order valence-corrected chi connectivity index (χ2v) is 5.50. The molecule has 0 fully saturated rings. The fourth-order valence-electron chi connectivity index (χ4n) is 1.43. The van der Waals surface area contributed by atoms with E-state index in [2.05, 4.69) is 24.5 Å². The molecule has 17 heavy (non-hydrogen) atoms. The standard InChI is InChI=1S/C12H24N2O3/c1-9(2)6-10(7-13-8-15)14-11(16)17-12(3,4)5/h8-10H,6-7H2,1-5H3,(H,13,15)(H,14,16)/t10-/m0/s1. The third-order valence-electron chi connectivity index (χ3n) is 1.92. The fraction of sp³-hybridized carbons (Fsp3) is 0.833. The van der Waals surface area contributed by atoms with Gasteiger partial charge >= 0.3 is 6.09 Å². The average Bonchev–Trinajstić information content (AvgIpc) is 2.09. The number of ether oxygens (including phenoxy) is 1. The van der Waals surface area contributed by atoms with Gasteiger partial charge in [0.1, 0.15) is 5.60 Å². The molecule has 5 heteroatoms. The zero-order chi connectivity index (χ0) is 13.5. The molecule has 2 N–H and O–H groups in total. The first kappa shape index (κ1) is 15.7. The van der Waals surface area contributed by atoms with Crippen LogP contribution in [0.3, 0.4) is 0 Å². The van der Waals surface area contributed by atoms with Gasteiger partial charge in [-0.05, 0) is 33.1 Å². The molecule has 0 aliphatic rings. The maximum absolute atomic E-state index is 11.6. The van der Waals surface area contributed by atoms with E-state index in [1.54, 1.807) is 0 Å². The largest absolute Gasteiger partial charge is 0.444 e. The topological polar surface area (TPSA) is 67.4 Å². The highest BCUT2D eigenvalue weighted by Crippen LogP contribution is 2.08. The Morgan fingerprint density at radius 1 is 1.35 bits per heavy atom. The van der Waals surface area contributed by atoms with Crippen LogP contribution in [0.25, 0.3) is 0 Å². The number of carbonyl (C=O) groups excluding carboxylic acids is 2. The van der Waals surface area contributed by atoms with Crippen LogP contribution in [0, 0.1) is 5.92 Å². The van der Waals surface area contributed by atoms with Crippen molar-refractivity contribution in [3.8, 4) is 0 Å². The van der Waals surface area contributed by atoms with Crippen molar-refractivity contribution < 1.29 is 14.3 Å². The molecule has 0 bridgehead atoms. The maximum atomic E-state index is 11.6. The van der Waals surface area contributed by atoms with E-state index in [9.17, 15) is 9.59 Å². The van der Waals surface area contributed by atoms with Gasteiger partial charge in [-0.2, -0.15) is 0 Å². The molecule has 0 spiro atoms. The number of hydrogen-bond donors (Lipinski definition) is 2. The predicted octanol–water partition coefficient (Wildman–Crippen LogP) is 1.67. The molecule has 0 rings (SSSR count). The van der Waals surface area contributed by atoms with Gasteiger partial charge in [-0.3, -0.25) is 4.79 Å². The van der Waals surface area contributed by atoms with Crippen molar-refractivity contribution in [3.05, 3.63) is 0 Å². The minimum atomic E-state index is -0.509. The summed E-state index contributed by atoms with van der Waals surface area (Å²) in [5, 5.41) is 5.33. The van der Waals surface area contributed by atoms with Crippen LogP contribution in [0.5, 0.6) is 0 Å². The average molecular weight is 244 g/mol. The SMILES string of the molecule is CC(C)C[C@@H](CNC=O)NC(=O)OC(C)(C)C. The van der Waals surface area contributed by atoms with Crippen LogP contribution in [-0.2, 0) is 9.53 Å². The third kappa shape index (κ3) is 9.66. The van der Waals surface area contributed by atoms with Crippen LogP contribution >= 0.6 is 0 Å². The van der Waals surface area contributed by atoms with E-state index in [4.69, 9.17) is 4.74 Å². The first-order chi connectivity index (χ1) is 7.74. The number of hydrogen-bond acceptors (Lipinski definition) is 3. The highest BCUT2D eigenvalue weighted by atomic mass is 16.6. The van der Waals surface area contributed by atoms with Crippen molar-refractivity contribution in [2.45, 2.75) is 52.7 Å². The van der Waals surface area contributed by atoms with Gasteiger partial charge in [-0.25, -0.2) is 4.79 Å². The van der Waals surface area contributed by atoms with Crippen molar-refractivity contribution in [1.82, 2.24) is 10.6 Å². The van der Waals surface area contributed by atoms with Gasteiger partial charge in [0.05, 0.1) is 0 Å². The summed E-state index contributed by atoms with van der Waals surface area (Å²) in [6.07, 6.45) is 0.973. The zero-order valence-corrected chi connectivity index (χ0v) is 11.4. The Balaban J connectivity index is 4.21. The third-order valence-corrected chi connectivity index (χ3v) is 1.92. The number of amides is 2. The number of nitrogens with one attached hydrogen (secondary N) is 2. The van der Waals surface area contributed by atoms with Gasteiger partial charge in [-0.1, -0.05) is 13.8 Å². The zero-order valence-electron chi connectivity index (χ0n) is 11.4. The minimum absolute atomic E-state index is 0.102. The van der Waals surface area contributed by atoms with Crippen molar-refractivity contribution >= 4 is 12.5 Å². The molecule has 0 aliphatic carbocycles. The summed E-state index contributed by atoms with van der Waals surface area (Å²) in [4.78, 5) is 21.8. The van der Waals surface area contributed by atoms with Crippen LogP contribution in [-0.4, -0.2) is 30.7 Å². The van der Waals surface area contributed by atoms with Crippen molar-refractivity contribution in [3.63, 3.8) is 0 Å². The Labute approximate surface area is 103 Å². The summed E-state index contributed by atoms with van der Waals surface area (Å²) in [7, 11) is 0. The van der Waals surface area contributed by atoms with Gasteiger partial charge in [0.25, 0.3) is 0 Å². The van der Waals surface area contributed by atoms with Gasteiger partial charge in [-0.15, -0.1) is 0 Å². The Morgan fingerprint density at radius 2 is 1.94 bits per heavy atom. The minimum Gasteiger partial charge on any atom is -0.444 e. The van der Waals surface area contributed by atoms with Crippen molar-refractivity contribution in [1.29, 1.82) is 0 Å². The molecular formula is C12H24N2O3. The summed E-state index contributed by atoms with van der Waals surface area (Å²) in [5.41, 5.74) is -0.509. The summed E-state index contributed by atoms with van der Waals surface area (Å²) in [6, 6.07) is -0.102. The molecule has 0 saturated heterocycles. The van der Waals surface area contributed by atoms with E-state index in [0.717, 1.165) is 6.42 Å². The molecule has 0 unspecified atom stereocenters. The Kier molecular flexibility index (Phi) is 6.61. The van der Waals surface area contributed by atoms with Crippen LogP contribution in [0.15, 0.2) is 0 Å². The lowest BCUT2D eigenvalue weighted by molar-refractivity contribution is -0.109. The molecule has 100 valence electrons. The second-order valence-electron chi connectivity index (χ2n) is 5.50. The molecule has 1 atom stereocenters. The Morgan fingerprint density at radius 3 is 2.35 bits per heavy atom. The van der Waals surface area contributed by atoms with Crippen LogP contribution in [0.1, 0.15) is 41.0 Å². The normalized spacial score (nSPS) is 13.1. The summed E-state index contributed by atoms with van der Waals surface area (Å²) in [6.45, 7) is 9.98. The van der Waals surface area contributed by atoms with E-state index >= 15 is 0 Å².